The first-order valence-electron chi connectivity index (χ1n) is 7.96. The van der Waals surface area contributed by atoms with E-state index < -0.39 is 6.04 Å². The molecule has 0 saturated heterocycles. The Morgan fingerprint density at radius 1 is 1.04 bits per heavy atom. The maximum Gasteiger partial charge on any atom is 0.262 e. The van der Waals surface area contributed by atoms with Gasteiger partial charge in [-0.25, -0.2) is 5.43 Å². The highest BCUT2D eigenvalue weighted by molar-refractivity contribution is 6.30. The molecule has 3 aromatic carbocycles. The van der Waals surface area contributed by atoms with E-state index in [4.69, 9.17) is 11.6 Å². The van der Waals surface area contributed by atoms with Crippen LogP contribution >= 0.6 is 11.6 Å². The smallest absolute Gasteiger partial charge is 0.262 e. The zero-order chi connectivity index (χ0) is 17.6. The molecule has 0 aliphatic carbocycles. The van der Waals surface area contributed by atoms with E-state index in [1.165, 1.54) is 0 Å². The van der Waals surface area contributed by atoms with Gasteiger partial charge >= 0.3 is 0 Å². The number of hydrazone groups is 1. The second kappa shape index (κ2) is 7.81. The highest BCUT2D eigenvalue weighted by Crippen LogP contribution is 2.19. The molecule has 0 radical (unpaired) electrons. The fraction of sp³-hybridized carbons (Fsp3) is 0.100. The lowest BCUT2D eigenvalue weighted by Crippen LogP contribution is -2.34. The van der Waals surface area contributed by atoms with Gasteiger partial charge in [-0.1, -0.05) is 54.1 Å². The van der Waals surface area contributed by atoms with Crippen LogP contribution in [0.25, 0.3) is 10.8 Å². The fourth-order valence-electron chi connectivity index (χ4n) is 2.45. The first kappa shape index (κ1) is 17.0. The van der Waals surface area contributed by atoms with Gasteiger partial charge in [0.2, 0.25) is 0 Å². The summed E-state index contributed by atoms with van der Waals surface area (Å²) < 4.78 is 0. The minimum absolute atomic E-state index is 0.216. The van der Waals surface area contributed by atoms with E-state index in [0.717, 1.165) is 22.0 Å². The van der Waals surface area contributed by atoms with Crippen molar-refractivity contribution in [2.24, 2.45) is 5.10 Å². The summed E-state index contributed by atoms with van der Waals surface area (Å²) in [5.74, 6) is -0.216. The van der Waals surface area contributed by atoms with Crippen LogP contribution in [0.3, 0.4) is 0 Å². The average Bonchev–Trinajstić information content (AvgIpc) is 2.61. The van der Waals surface area contributed by atoms with Crippen molar-refractivity contribution in [2.45, 2.75) is 13.0 Å². The van der Waals surface area contributed by atoms with Gasteiger partial charge in [0.05, 0.1) is 6.21 Å². The van der Waals surface area contributed by atoms with Crippen LogP contribution in [0, 0.1) is 0 Å². The molecule has 3 rings (SSSR count). The molecule has 0 unspecified atom stereocenters. The monoisotopic (exact) mass is 351 g/mol. The van der Waals surface area contributed by atoms with Gasteiger partial charge in [-0.3, -0.25) is 4.79 Å². The molecule has 0 saturated carbocycles. The van der Waals surface area contributed by atoms with Gasteiger partial charge in [-0.15, -0.1) is 0 Å². The van der Waals surface area contributed by atoms with Crippen molar-refractivity contribution >= 4 is 40.2 Å². The van der Waals surface area contributed by atoms with E-state index in [-0.39, 0.29) is 5.91 Å². The Bertz CT molecular complexity index is 923. The molecule has 0 aromatic heterocycles. The third-order valence-corrected chi connectivity index (χ3v) is 4.00. The lowest BCUT2D eigenvalue weighted by Gasteiger charge is -2.14. The summed E-state index contributed by atoms with van der Waals surface area (Å²) in [5.41, 5.74) is 4.24. The van der Waals surface area contributed by atoms with Crippen LogP contribution in [0.5, 0.6) is 0 Å². The van der Waals surface area contributed by atoms with Crippen molar-refractivity contribution in [3.8, 4) is 0 Å². The van der Waals surface area contributed by atoms with Gasteiger partial charge in [0, 0.05) is 10.7 Å². The maximum atomic E-state index is 12.2. The van der Waals surface area contributed by atoms with Gasteiger partial charge in [-0.05, 0) is 47.5 Å². The van der Waals surface area contributed by atoms with Crippen molar-refractivity contribution < 1.29 is 4.79 Å². The highest BCUT2D eigenvalue weighted by atomic mass is 35.5. The predicted octanol–water partition coefficient (Wildman–Crippen LogP) is 4.44. The molecule has 3 aromatic rings. The summed E-state index contributed by atoms with van der Waals surface area (Å²) in [6.45, 7) is 1.79. The molecule has 25 heavy (non-hydrogen) atoms. The van der Waals surface area contributed by atoms with Crippen molar-refractivity contribution in [1.82, 2.24) is 5.43 Å². The number of carbonyl (C=O) groups is 1. The normalized spacial score (nSPS) is 12.2. The molecular formula is C20H18ClN3O. The molecule has 2 N–H and O–H groups in total. The van der Waals surface area contributed by atoms with Gasteiger partial charge in [0.15, 0.2) is 0 Å². The number of amides is 1. The topological polar surface area (TPSA) is 53.5 Å². The molecule has 126 valence electrons. The summed E-state index contributed by atoms with van der Waals surface area (Å²) >= 11 is 5.91. The molecule has 0 spiro atoms. The number of carbonyl (C=O) groups excluding carboxylic acids is 1. The summed E-state index contributed by atoms with van der Waals surface area (Å²) in [5, 5.41) is 10.1. The lowest BCUT2D eigenvalue weighted by atomic mass is 10.1. The molecule has 4 nitrogen and oxygen atoms in total. The predicted molar refractivity (Wildman–Crippen MR) is 104 cm³/mol. The Morgan fingerprint density at radius 2 is 1.84 bits per heavy atom. The van der Waals surface area contributed by atoms with Crippen LogP contribution in [-0.2, 0) is 4.79 Å². The summed E-state index contributed by atoms with van der Waals surface area (Å²) in [4.78, 5) is 12.2. The van der Waals surface area contributed by atoms with Gasteiger partial charge < -0.3 is 5.32 Å². The number of halogens is 1. The fourth-order valence-corrected chi connectivity index (χ4v) is 2.65. The Morgan fingerprint density at radius 3 is 2.64 bits per heavy atom. The van der Waals surface area contributed by atoms with E-state index >= 15 is 0 Å². The Balaban J connectivity index is 1.59. The van der Waals surface area contributed by atoms with E-state index in [1.807, 2.05) is 48.5 Å². The minimum Gasteiger partial charge on any atom is -0.374 e. The molecule has 0 bridgehead atoms. The number of fused-ring (bicyclic) bond motifs is 1. The van der Waals surface area contributed by atoms with Crippen LogP contribution in [0.15, 0.2) is 71.8 Å². The zero-order valence-corrected chi connectivity index (χ0v) is 14.5. The number of rotatable bonds is 5. The standard InChI is InChI=1S/C20H18ClN3O/c1-14(20(25)24-22-13-15-5-4-8-18(21)11-15)23-19-10-9-16-6-2-3-7-17(16)12-19/h2-14,23H,1H3,(H,24,25)/b22-13-/t14-/m0/s1. The van der Waals surface area contributed by atoms with Crippen molar-refractivity contribution in [2.75, 3.05) is 5.32 Å². The highest BCUT2D eigenvalue weighted by Gasteiger charge is 2.11. The number of nitrogens with one attached hydrogen (secondary N) is 2. The minimum atomic E-state index is -0.419. The van der Waals surface area contributed by atoms with Crippen LogP contribution < -0.4 is 10.7 Å². The zero-order valence-electron chi connectivity index (χ0n) is 13.7. The Kier molecular flexibility index (Phi) is 5.31. The third kappa shape index (κ3) is 4.58. The number of nitrogens with zero attached hydrogens (tertiary/aromatic N) is 1. The van der Waals surface area contributed by atoms with Gasteiger partial charge in [0.25, 0.3) is 5.91 Å². The van der Waals surface area contributed by atoms with Crippen LogP contribution in [0.1, 0.15) is 12.5 Å². The van der Waals surface area contributed by atoms with Crippen molar-refractivity contribution in [3.63, 3.8) is 0 Å². The molecule has 1 amide bonds. The first-order chi connectivity index (χ1) is 12.1. The first-order valence-corrected chi connectivity index (χ1v) is 8.33. The Hall–Kier alpha value is -2.85. The molecule has 0 aliphatic rings. The molecule has 0 fully saturated rings. The average molecular weight is 352 g/mol. The molecule has 0 heterocycles. The van der Waals surface area contributed by atoms with E-state index in [1.54, 1.807) is 25.3 Å². The quantitative estimate of drug-likeness (QED) is 0.527. The molecule has 5 heteroatoms. The van der Waals surface area contributed by atoms with Crippen LogP contribution in [-0.4, -0.2) is 18.2 Å². The maximum absolute atomic E-state index is 12.2. The molecular weight excluding hydrogens is 334 g/mol. The Labute approximate surface area is 151 Å². The van der Waals surface area contributed by atoms with Crippen molar-refractivity contribution in [1.29, 1.82) is 0 Å². The SMILES string of the molecule is C[C@H](Nc1ccc2ccccc2c1)C(=O)N/N=C\c1cccc(Cl)c1. The van der Waals surface area contributed by atoms with E-state index in [0.29, 0.717) is 5.02 Å². The lowest BCUT2D eigenvalue weighted by molar-refractivity contribution is -0.121. The van der Waals surface area contributed by atoms with Crippen LogP contribution in [0.4, 0.5) is 5.69 Å². The van der Waals surface area contributed by atoms with E-state index in [9.17, 15) is 4.79 Å². The van der Waals surface area contributed by atoms with Crippen LogP contribution in [0.2, 0.25) is 5.02 Å². The van der Waals surface area contributed by atoms with Gasteiger partial charge in [0.1, 0.15) is 6.04 Å². The number of benzene rings is 3. The second-order valence-corrected chi connectivity index (χ2v) is 6.15. The molecule has 1 atom stereocenters. The largest absolute Gasteiger partial charge is 0.374 e. The van der Waals surface area contributed by atoms with Gasteiger partial charge in [-0.2, -0.15) is 5.10 Å². The number of anilines is 1. The summed E-state index contributed by atoms with van der Waals surface area (Å²) in [6.07, 6.45) is 1.56. The summed E-state index contributed by atoms with van der Waals surface area (Å²) in [7, 11) is 0. The summed E-state index contributed by atoms with van der Waals surface area (Å²) in [6, 6.07) is 20.9. The molecule has 0 aliphatic heterocycles. The third-order valence-electron chi connectivity index (χ3n) is 3.76. The number of hydrogen-bond acceptors (Lipinski definition) is 3. The second-order valence-electron chi connectivity index (χ2n) is 5.72. The van der Waals surface area contributed by atoms with Crippen molar-refractivity contribution in [3.05, 3.63) is 77.3 Å². The number of hydrogen-bond donors (Lipinski definition) is 2. The van der Waals surface area contributed by atoms with E-state index in [2.05, 4.69) is 21.9 Å².